The number of piperidine rings is 1. The molecule has 6 heteroatoms. The maximum Gasteiger partial charge on any atom is 0.254 e. The van der Waals surface area contributed by atoms with Crippen LogP contribution in [-0.4, -0.2) is 41.4 Å². The zero-order valence-corrected chi connectivity index (χ0v) is 12.9. The van der Waals surface area contributed by atoms with E-state index in [2.05, 4.69) is 15.3 Å². The number of amides is 1. The van der Waals surface area contributed by atoms with Gasteiger partial charge in [0.15, 0.2) is 0 Å². The van der Waals surface area contributed by atoms with Crippen molar-refractivity contribution >= 4 is 11.7 Å². The fourth-order valence-corrected chi connectivity index (χ4v) is 3.92. The summed E-state index contributed by atoms with van der Waals surface area (Å²) in [4.78, 5) is 14.0. The fourth-order valence-electron chi connectivity index (χ4n) is 3.92. The SMILES string of the molecule is Cc1nn(C)c(N2CCC(C3CCCN3)CC2)c1C(N)=O. The normalized spacial score (nSPS) is 23.7. The predicted octanol–water partition coefficient (Wildman–Crippen LogP) is 0.796. The lowest BCUT2D eigenvalue weighted by atomic mass is 9.88. The van der Waals surface area contributed by atoms with Gasteiger partial charge in [0.1, 0.15) is 11.4 Å². The van der Waals surface area contributed by atoms with Crippen LogP contribution in [0.3, 0.4) is 0 Å². The number of hydrogen-bond donors (Lipinski definition) is 2. The number of aromatic nitrogens is 2. The number of primary amides is 1. The van der Waals surface area contributed by atoms with Crippen molar-refractivity contribution in [1.29, 1.82) is 0 Å². The summed E-state index contributed by atoms with van der Waals surface area (Å²) >= 11 is 0. The van der Waals surface area contributed by atoms with Crippen LogP contribution >= 0.6 is 0 Å². The summed E-state index contributed by atoms with van der Waals surface area (Å²) < 4.78 is 1.80. The molecule has 1 atom stereocenters. The van der Waals surface area contributed by atoms with Gasteiger partial charge in [-0.1, -0.05) is 0 Å². The number of aryl methyl sites for hydroxylation is 2. The largest absolute Gasteiger partial charge is 0.365 e. The molecule has 0 spiro atoms. The van der Waals surface area contributed by atoms with E-state index in [9.17, 15) is 4.79 Å². The summed E-state index contributed by atoms with van der Waals surface area (Å²) in [7, 11) is 1.89. The standard InChI is InChI=1S/C15H25N5O/c1-10-13(14(16)21)15(19(2)18-10)20-8-5-11(6-9-20)12-4-3-7-17-12/h11-12,17H,3-9H2,1-2H3,(H2,16,21). The monoisotopic (exact) mass is 291 g/mol. The van der Waals surface area contributed by atoms with Gasteiger partial charge in [0, 0.05) is 26.2 Å². The van der Waals surface area contributed by atoms with Gasteiger partial charge in [0.05, 0.1) is 5.69 Å². The fraction of sp³-hybridized carbons (Fsp3) is 0.733. The number of anilines is 1. The van der Waals surface area contributed by atoms with E-state index >= 15 is 0 Å². The molecule has 2 saturated heterocycles. The highest BCUT2D eigenvalue weighted by Crippen LogP contribution is 2.30. The number of hydrogen-bond acceptors (Lipinski definition) is 4. The first-order chi connectivity index (χ1) is 10.1. The van der Waals surface area contributed by atoms with E-state index in [4.69, 9.17) is 5.73 Å². The van der Waals surface area contributed by atoms with Crippen LogP contribution in [-0.2, 0) is 7.05 Å². The highest BCUT2D eigenvalue weighted by molar-refractivity contribution is 5.99. The van der Waals surface area contributed by atoms with Gasteiger partial charge < -0.3 is 16.0 Å². The molecule has 2 aliphatic rings. The van der Waals surface area contributed by atoms with Gasteiger partial charge in [0.25, 0.3) is 5.91 Å². The number of carbonyl (C=O) groups is 1. The summed E-state index contributed by atoms with van der Waals surface area (Å²) in [5.41, 5.74) is 6.83. The molecule has 21 heavy (non-hydrogen) atoms. The molecule has 0 aliphatic carbocycles. The lowest BCUT2D eigenvalue weighted by molar-refractivity contribution is 0.1000. The van der Waals surface area contributed by atoms with Gasteiger partial charge >= 0.3 is 0 Å². The smallest absolute Gasteiger partial charge is 0.254 e. The number of nitrogens with two attached hydrogens (primary N) is 1. The van der Waals surface area contributed by atoms with Gasteiger partial charge in [-0.25, -0.2) is 0 Å². The van der Waals surface area contributed by atoms with E-state index in [0.717, 1.165) is 37.1 Å². The number of carbonyl (C=O) groups excluding carboxylic acids is 1. The topological polar surface area (TPSA) is 76.2 Å². The lowest BCUT2D eigenvalue weighted by Crippen LogP contribution is -2.42. The second kappa shape index (κ2) is 5.67. The molecule has 0 aromatic carbocycles. The third kappa shape index (κ3) is 2.64. The summed E-state index contributed by atoms with van der Waals surface area (Å²) in [5.74, 6) is 1.27. The van der Waals surface area contributed by atoms with Crippen molar-refractivity contribution in [3.05, 3.63) is 11.3 Å². The van der Waals surface area contributed by atoms with E-state index < -0.39 is 0 Å². The summed E-state index contributed by atoms with van der Waals surface area (Å²) in [6.45, 7) is 4.96. The quantitative estimate of drug-likeness (QED) is 0.863. The van der Waals surface area contributed by atoms with Gasteiger partial charge in [-0.2, -0.15) is 5.10 Å². The van der Waals surface area contributed by atoms with Gasteiger partial charge in [0.2, 0.25) is 0 Å². The van der Waals surface area contributed by atoms with Crippen molar-refractivity contribution in [3.63, 3.8) is 0 Å². The average molecular weight is 291 g/mol. The summed E-state index contributed by atoms with van der Waals surface area (Å²) in [5, 5.41) is 7.98. The first-order valence-electron chi connectivity index (χ1n) is 7.89. The van der Waals surface area contributed by atoms with E-state index in [1.165, 1.54) is 25.7 Å². The van der Waals surface area contributed by atoms with Crippen molar-refractivity contribution in [1.82, 2.24) is 15.1 Å². The predicted molar refractivity (Wildman–Crippen MR) is 82.4 cm³/mol. The Kier molecular flexibility index (Phi) is 3.89. The van der Waals surface area contributed by atoms with Crippen molar-refractivity contribution < 1.29 is 4.79 Å². The van der Waals surface area contributed by atoms with Crippen LogP contribution < -0.4 is 16.0 Å². The Morgan fingerprint density at radius 2 is 2.05 bits per heavy atom. The van der Waals surface area contributed by atoms with Crippen molar-refractivity contribution in [2.24, 2.45) is 18.7 Å². The van der Waals surface area contributed by atoms with Crippen molar-refractivity contribution in [2.75, 3.05) is 24.5 Å². The Morgan fingerprint density at radius 3 is 2.62 bits per heavy atom. The number of rotatable bonds is 3. The molecule has 2 fully saturated rings. The van der Waals surface area contributed by atoms with E-state index in [0.29, 0.717) is 11.6 Å². The van der Waals surface area contributed by atoms with E-state index in [1.807, 2.05) is 14.0 Å². The molecule has 116 valence electrons. The molecule has 2 aliphatic heterocycles. The molecule has 0 radical (unpaired) electrons. The summed E-state index contributed by atoms with van der Waals surface area (Å²) in [6, 6.07) is 0.691. The molecule has 0 bridgehead atoms. The molecule has 6 nitrogen and oxygen atoms in total. The Labute approximate surface area is 125 Å². The van der Waals surface area contributed by atoms with Crippen LogP contribution in [0.5, 0.6) is 0 Å². The van der Waals surface area contributed by atoms with Crippen molar-refractivity contribution in [2.45, 2.75) is 38.6 Å². The number of nitrogens with zero attached hydrogens (tertiary/aromatic N) is 3. The Balaban J connectivity index is 1.73. The van der Waals surface area contributed by atoms with Crippen LogP contribution in [0.15, 0.2) is 0 Å². The summed E-state index contributed by atoms with van der Waals surface area (Å²) in [6.07, 6.45) is 4.94. The second-order valence-corrected chi connectivity index (χ2v) is 6.30. The molecular weight excluding hydrogens is 266 g/mol. The molecule has 3 heterocycles. The Hall–Kier alpha value is -1.56. The molecular formula is C15H25N5O. The minimum absolute atomic E-state index is 0.379. The van der Waals surface area contributed by atoms with E-state index in [-0.39, 0.29) is 5.91 Å². The maximum absolute atomic E-state index is 11.7. The third-order valence-electron chi connectivity index (χ3n) is 4.94. The maximum atomic E-state index is 11.7. The van der Waals surface area contributed by atoms with Crippen LogP contribution in [0.4, 0.5) is 5.82 Å². The zero-order chi connectivity index (χ0) is 15.0. The highest BCUT2D eigenvalue weighted by atomic mass is 16.1. The number of nitrogens with one attached hydrogen (secondary N) is 1. The Morgan fingerprint density at radius 1 is 1.33 bits per heavy atom. The van der Waals surface area contributed by atoms with Crippen LogP contribution in [0, 0.1) is 12.8 Å². The van der Waals surface area contributed by atoms with Crippen LogP contribution in [0.25, 0.3) is 0 Å². The molecule has 3 rings (SSSR count). The van der Waals surface area contributed by atoms with Gasteiger partial charge in [-0.05, 0) is 45.1 Å². The molecule has 1 amide bonds. The van der Waals surface area contributed by atoms with Gasteiger partial charge in [-0.15, -0.1) is 0 Å². The van der Waals surface area contributed by atoms with Crippen molar-refractivity contribution in [3.8, 4) is 0 Å². The molecule has 3 N–H and O–H groups in total. The lowest BCUT2D eigenvalue weighted by Gasteiger charge is -2.36. The van der Waals surface area contributed by atoms with Crippen LogP contribution in [0.1, 0.15) is 41.7 Å². The second-order valence-electron chi connectivity index (χ2n) is 6.30. The van der Waals surface area contributed by atoms with Gasteiger partial charge in [-0.3, -0.25) is 9.48 Å². The van der Waals surface area contributed by atoms with Crippen LogP contribution in [0.2, 0.25) is 0 Å². The minimum atomic E-state index is -0.379. The first kappa shape index (κ1) is 14.4. The molecule has 1 aromatic rings. The molecule has 1 aromatic heterocycles. The Bertz CT molecular complexity index is 524. The molecule has 0 saturated carbocycles. The first-order valence-corrected chi connectivity index (χ1v) is 7.89. The zero-order valence-electron chi connectivity index (χ0n) is 12.9. The minimum Gasteiger partial charge on any atom is -0.365 e. The third-order valence-corrected chi connectivity index (χ3v) is 4.94. The molecule has 1 unspecified atom stereocenters. The average Bonchev–Trinajstić information content (AvgIpc) is 3.06. The highest BCUT2D eigenvalue weighted by Gasteiger charge is 2.31. The van der Waals surface area contributed by atoms with E-state index in [1.54, 1.807) is 4.68 Å².